The molecular formula is C14H10BrCl2N3O2. The first kappa shape index (κ1) is 16.7. The highest BCUT2D eigenvalue weighted by Gasteiger charge is 2.08. The van der Waals surface area contributed by atoms with Gasteiger partial charge in [0.2, 0.25) is 0 Å². The molecule has 0 spiro atoms. The minimum absolute atomic E-state index is 0.0137. The highest BCUT2D eigenvalue weighted by Crippen LogP contribution is 2.24. The molecule has 0 aliphatic heterocycles. The zero-order valence-electron chi connectivity index (χ0n) is 11.1. The van der Waals surface area contributed by atoms with Crippen molar-refractivity contribution in [3.63, 3.8) is 0 Å². The van der Waals surface area contributed by atoms with Crippen molar-refractivity contribution in [2.45, 2.75) is 6.54 Å². The van der Waals surface area contributed by atoms with Gasteiger partial charge in [-0.25, -0.2) is 0 Å². The maximum Gasteiger partial charge on any atom is 0.270 e. The summed E-state index contributed by atoms with van der Waals surface area (Å²) in [4.78, 5) is 10.2. The molecule has 0 unspecified atom stereocenters. The lowest BCUT2D eigenvalue weighted by Gasteiger charge is -2.06. The second kappa shape index (κ2) is 7.58. The summed E-state index contributed by atoms with van der Waals surface area (Å²) in [6.45, 7) is 0.375. The quantitative estimate of drug-likeness (QED) is 0.444. The Kier molecular flexibility index (Phi) is 5.76. The molecule has 5 nitrogen and oxygen atoms in total. The molecule has 2 aromatic rings. The lowest BCUT2D eigenvalue weighted by Crippen LogP contribution is -2.06. The first-order chi connectivity index (χ1) is 10.5. The van der Waals surface area contributed by atoms with E-state index in [1.54, 1.807) is 30.5 Å². The molecule has 0 atom stereocenters. The van der Waals surface area contributed by atoms with Gasteiger partial charge < -0.3 is 5.43 Å². The van der Waals surface area contributed by atoms with Crippen molar-refractivity contribution in [1.82, 2.24) is 5.43 Å². The monoisotopic (exact) mass is 401 g/mol. The summed E-state index contributed by atoms with van der Waals surface area (Å²) < 4.78 is 0.586. The molecule has 0 saturated carbocycles. The lowest BCUT2D eigenvalue weighted by atomic mass is 10.2. The summed E-state index contributed by atoms with van der Waals surface area (Å²) in [6.07, 6.45) is 1.55. The van der Waals surface area contributed by atoms with Gasteiger partial charge in [-0.1, -0.05) is 29.3 Å². The number of nitrogens with zero attached hydrogens (tertiary/aromatic N) is 2. The summed E-state index contributed by atoms with van der Waals surface area (Å²) >= 11 is 15.4. The molecule has 0 bridgehead atoms. The van der Waals surface area contributed by atoms with Gasteiger partial charge >= 0.3 is 0 Å². The summed E-state index contributed by atoms with van der Waals surface area (Å²) in [5.74, 6) is 0. The maximum atomic E-state index is 10.7. The molecule has 1 N–H and O–H groups in total. The Morgan fingerprint density at radius 1 is 1.27 bits per heavy atom. The van der Waals surface area contributed by atoms with Crippen molar-refractivity contribution in [2.75, 3.05) is 0 Å². The van der Waals surface area contributed by atoms with E-state index in [4.69, 9.17) is 23.2 Å². The summed E-state index contributed by atoms with van der Waals surface area (Å²) in [5.41, 5.74) is 4.32. The van der Waals surface area contributed by atoms with Crippen LogP contribution in [-0.2, 0) is 6.54 Å². The fourth-order valence-corrected chi connectivity index (χ4v) is 2.68. The third kappa shape index (κ3) is 4.19. The third-order valence-electron chi connectivity index (χ3n) is 2.81. The number of hydrazone groups is 1. The first-order valence-electron chi connectivity index (χ1n) is 6.12. The van der Waals surface area contributed by atoms with E-state index in [-0.39, 0.29) is 5.69 Å². The fourth-order valence-electron chi connectivity index (χ4n) is 1.68. The minimum atomic E-state index is -0.455. The van der Waals surface area contributed by atoms with Crippen molar-refractivity contribution in [2.24, 2.45) is 5.10 Å². The number of non-ortho nitro benzene ring substituents is 1. The molecule has 114 valence electrons. The van der Waals surface area contributed by atoms with Gasteiger partial charge in [-0.05, 0) is 34.1 Å². The number of rotatable bonds is 5. The second-order valence-corrected chi connectivity index (χ2v) is 5.92. The van der Waals surface area contributed by atoms with E-state index in [9.17, 15) is 10.1 Å². The van der Waals surface area contributed by atoms with E-state index in [1.807, 2.05) is 0 Å². The average Bonchev–Trinajstić information content (AvgIpc) is 2.47. The van der Waals surface area contributed by atoms with Gasteiger partial charge in [-0.2, -0.15) is 5.10 Å². The molecule has 8 heteroatoms. The number of nitrogens with one attached hydrogen (secondary N) is 1. The Bertz CT molecular complexity index is 718. The van der Waals surface area contributed by atoms with E-state index in [2.05, 4.69) is 26.5 Å². The number of benzene rings is 2. The number of halogens is 3. The van der Waals surface area contributed by atoms with Crippen LogP contribution in [0.2, 0.25) is 10.0 Å². The second-order valence-electron chi connectivity index (χ2n) is 4.26. The van der Waals surface area contributed by atoms with E-state index in [0.717, 1.165) is 5.56 Å². The van der Waals surface area contributed by atoms with Crippen molar-refractivity contribution >= 4 is 51.0 Å². The first-order valence-corrected chi connectivity index (χ1v) is 7.66. The molecular weight excluding hydrogens is 393 g/mol. The van der Waals surface area contributed by atoms with Crippen LogP contribution >= 0.6 is 39.1 Å². The summed E-state index contributed by atoms with van der Waals surface area (Å²) in [5, 5.41) is 15.8. The molecule has 0 fully saturated rings. The smallest absolute Gasteiger partial charge is 0.270 e. The highest BCUT2D eigenvalue weighted by molar-refractivity contribution is 9.10. The van der Waals surface area contributed by atoms with Crippen LogP contribution in [0.4, 0.5) is 5.69 Å². The molecule has 0 aliphatic carbocycles. The van der Waals surface area contributed by atoms with Gasteiger partial charge in [0.15, 0.2) is 0 Å². The molecule has 0 heterocycles. The Morgan fingerprint density at radius 2 is 1.95 bits per heavy atom. The topological polar surface area (TPSA) is 67.5 Å². The zero-order valence-corrected chi connectivity index (χ0v) is 14.2. The van der Waals surface area contributed by atoms with Crippen LogP contribution < -0.4 is 5.43 Å². The molecule has 0 aromatic heterocycles. The van der Waals surface area contributed by atoms with Gasteiger partial charge in [0.05, 0.1) is 17.7 Å². The largest absolute Gasteiger partial charge is 0.306 e. The molecule has 2 aromatic carbocycles. The third-order valence-corrected chi connectivity index (χ3v) is 4.20. The zero-order chi connectivity index (χ0) is 16.1. The Balaban J connectivity index is 2.03. The van der Waals surface area contributed by atoms with Crippen LogP contribution in [0.15, 0.2) is 46.0 Å². The number of nitro benzene ring substituents is 1. The van der Waals surface area contributed by atoms with Crippen LogP contribution in [0, 0.1) is 10.1 Å². The average molecular weight is 403 g/mol. The molecule has 0 radical (unpaired) electrons. The molecule has 0 aliphatic rings. The van der Waals surface area contributed by atoms with E-state index < -0.39 is 4.92 Å². The van der Waals surface area contributed by atoms with Gasteiger partial charge in [-0.15, -0.1) is 0 Å². The maximum absolute atomic E-state index is 10.7. The van der Waals surface area contributed by atoms with Crippen LogP contribution in [0.5, 0.6) is 0 Å². The Morgan fingerprint density at radius 3 is 2.55 bits per heavy atom. The highest BCUT2D eigenvalue weighted by atomic mass is 79.9. The predicted octanol–water partition coefficient (Wildman–Crippen LogP) is 4.79. The standard InChI is InChI=1S/C14H10BrCl2N3O2/c15-12-6-10(20(21)22)5-4-9(12)7-18-19-8-11-13(16)2-1-3-14(11)17/h1-7,19H,8H2/b18-7+. The van der Waals surface area contributed by atoms with Gasteiger partial charge in [0, 0.05) is 37.8 Å². The molecule has 0 amide bonds. The van der Waals surface area contributed by atoms with Gasteiger partial charge in [-0.3, -0.25) is 10.1 Å². The normalized spacial score (nSPS) is 10.9. The Hall–Kier alpha value is -1.63. The number of nitro groups is 1. The summed E-state index contributed by atoms with van der Waals surface area (Å²) in [6, 6.07) is 9.72. The van der Waals surface area contributed by atoms with Crippen LogP contribution in [-0.4, -0.2) is 11.1 Å². The van der Waals surface area contributed by atoms with Crippen molar-refractivity contribution in [3.05, 3.63) is 72.2 Å². The van der Waals surface area contributed by atoms with E-state index in [0.29, 0.717) is 26.6 Å². The van der Waals surface area contributed by atoms with E-state index >= 15 is 0 Å². The lowest BCUT2D eigenvalue weighted by molar-refractivity contribution is -0.384. The molecule has 0 saturated heterocycles. The van der Waals surface area contributed by atoms with Gasteiger partial charge in [0.1, 0.15) is 0 Å². The van der Waals surface area contributed by atoms with E-state index in [1.165, 1.54) is 12.1 Å². The van der Waals surface area contributed by atoms with Crippen molar-refractivity contribution in [1.29, 1.82) is 0 Å². The number of hydrogen-bond donors (Lipinski definition) is 1. The Labute approximate surface area is 145 Å². The van der Waals surface area contributed by atoms with Crippen LogP contribution in [0.1, 0.15) is 11.1 Å². The molecule has 2 rings (SSSR count). The van der Waals surface area contributed by atoms with Crippen molar-refractivity contribution < 1.29 is 4.92 Å². The number of hydrogen-bond acceptors (Lipinski definition) is 4. The van der Waals surface area contributed by atoms with Gasteiger partial charge in [0.25, 0.3) is 5.69 Å². The predicted molar refractivity (Wildman–Crippen MR) is 91.7 cm³/mol. The van der Waals surface area contributed by atoms with Crippen LogP contribution in [0.25, 0.3) is 0 Å². The minimum Gasteiger partial charge on any atom is -0.306 e. The SMILES string of the molecule is O=[N+]([O-])c1ccc(/C=N/NCc2c(Cl)cccc2Cl)c(Br)c1. The fraction of sp³-hybridized carbons (Fsp3) is 0.0714. The molecule has 22 heavy (non-hydrogen) atoms. The van der Waals surface area contributed by atoms with Crippen molar-refractivity contribution in [3.8, 4) is 0 Å². The van der Waals surface area contributed by atoms with Crippen LogP contribution in [0.3, 0.4) is 0 Å². The summed E-state index contributed by atoms with van der Waals surface area (Å²) in [7, 11) is 0.